The lowest BCUT2D eigenvalue weighted by atomic mass is 10.1. The molecule has 0 unspecified atom stereocenters. The number of anilines is 2. The molecule has 0 radical (unpaired) electrons. The first-order chi connectivity index (χ1) is 11.4. The van der Waals surface area contributed by atoms with Gasteiger partial charge in [0.05, 0.1) is 28.1 Å². The first-order valence-corrected chi connectivity index (χ1v) is 7.03. The van der Waals surface area contributed by atoms with Gasteiger partial charge in [-0.3, -0.25) is 14.4 Å². The largest absolute Gasteiger partial charge is 0.478 e. The molecule has 3 rings (SSSR count). The monoisotopic (exact) mass is 324 g/mol. The van der Waals surface area contributed by atoms with Gasteiger partial charge in [0, 0.05) is 6.92 Å². The number of nitrogens with zero attached hydrogens (tertiary/aromatic N) is 1. The second-order valence-corrected chi connectivity index (χ2v) is 5.21. The van der Waals surface area contributed by atoms with Crippen molar-refractivity contribution < 1.29 is 24.3 Å². The van der Waals surface area contributed by atoms with Gasteiger partial charge in [0.1, 0.15) is 0 Å². The molecular weight excluding hydrogens is 312 g/mol. The van der Waals surface area contributed by atoms with E-state index in [1.165, 1.54) is 37.3 Å². The molecule has 2 aromatic carbocycles. The number of rotatable bonds is 3. The average Bonchev–Trinajstić information content (AvgIpc) is 2.79. The van der Waals surface area contributed by atoms with Crippen LogP contribution in [0.2, 0.25) is 0 Å². The fourth-order valence-corrected chi connectivity index (χ4v) is 2.57. The Labute approximate surface area is 136 Å². The van der Waals surface area contributed by atoms with Gasteiger partial charge in [0.2, 0.25) is 5.91 Å². The maximum absolute atomic E-state index is 12.7. The highest BCUT2D eigenvalue weighted by molar-refractivity contribution is 6.36. The van der Waals surface area contributed by atoms with Crippen molar-refractivity contribution >= 4 is 35.1 Å². The van der Waals surface area contributed by atoms with E-state index in [2.05, 4.69) is 5.32 Å². The van der Waals surface area contributed by atoms with E-state index in [1.54, 1.807) is 12.1 Å². The van der Waals surface area contributed by atoms with Crippen LogP contribution < -0.4 is 10.2 Å². The van der Waals surface area contributed by atoms with Crippen LogP contribution in [-0.2, 0) is 4.79 Å². The number of hydrogen-bond acceptors (Lipinski definition) is 4. The Kier molecular flexibility index (Phi) is 3.61. The third-order valence-electron chi connectivity index (χ3n) is 3.60. The Bertz CT molecular complexity index is 886. The Morgan fingerprint density at radius 3 is 2.25 bits per heavy atom. The summed E-state index contributed by atoms with van der Waals surface area (Å²) in [4.78, 5) is 48.3. The van der Waals surface area contributed by atoms with Gasteiger partial charge >= 0.3 is 5.97 Å². The van der Waals surface area contributed by atoms with E-state index in [4.69, 9.17) is 5.11 Å². The van der Waals surface area contributed by atoms with Crippen LogP contribution >= 0.6 is 0 Å². The molecule has 24 heavy (non-hydrogen) atoms. The van der Waals surface area contributed by atoms with E-state index in [1.807, 2.05) is 0 Å². The first kappa shape index (κ1) is 15.4. The summed E-state index contributed by atoms with van der Waals surface area (Å²) in [7, 11) is 0. The number of fused-ring (bicyclic) bond motifs is 1. The van der Waals surface area contributed by atoms with Crippen molar-refractivity contribution in [3.63, 3.8) is 0 Å². The second kappa shape index (κ2) is 5.62. The van der Waals surface area contributed by atoms with Crippen molar-refractivity contribution in [1.82, 2.24) is 0 Å². The van der Waals surface area contributed by atoms with Crippen molar-refractivity contribution in [2.24, 2.45) is 0 Å². The molecule has 0 saturated heterocycles. The van der Waals surface area contributed by atoms with Gasteiger partial charge < -0.3 is 10.4 Å². The zero-order valence-corrected chi connectivity index (χ0v) is 12.6. The van der Waals surface area contributed by atoms with Crippen LogP contribution in [0.15, 0.2) is 42.5 Å². The van der Waals surface area contributed by atoms with E-state index in [-0.39, 0.29) is 34.0 Å². The highest BCUT2D eigenvalue weighted by atomic mass is 16.4. The van der Waals surface area contributed by atoms with Gasteiger partial charge in [0.25, 0.3) is 11.8 Å². The number of nitrogens with one attached hydrogen (secondary N) is 1. The molecule has 1 heterocycles. The number of hydrogen-bond donors (Lipinski definition) is 2. The van der Waals surface area contributed by atoms with Gasteiger partial charge in [-0.15, -0.1) is 0 Å². The second-order valence-electron chi connectivity index (χ2n) is 5.21. The molecular formula is C17H12N2O5. The van der Waals surface area contributed by atoms with Crippen LogP contribution in [-0.4, -0.2) is 28.8 Å². The zero-order valence-electron chi connectivity index (χ0n) is 12.6. The highest BCUT2D eigenvalue weighted by Crippen LogP contribution is 2.32. The van der Waals surface area contributed by atoms with Crippen LogP contribution in [0, 0.1) is 0 Å². The number of carboxylic acids is 1. The molecule has 0 spiro atoms. The smallest absolute Gasteiger partial charge is 0.335 e. The van der Waals surface area contributed by atoms with Crippen molar-refractivity contribution in [1.29, 1.82) is 0 Å². The molecule has 0 aliphatic carbocycles. The molecule has 2 aromatic rings. The lowest BCUT2D eigenvalue weighted by Gasteiger charge is -2.14. The van der Waals surface area contributed by atoms with Crippen LogP contribution in [0.4, 0.5) is 11.4 Å². The number of imide groups is 1. The highest BCUT2D eigenvalue weighted by Gasteiger charge is 2.38. The summed E-state index contributed by atoms with van der Waals surface area (Å²) in [6, 6.07) is 10.0. The van der Waals surface area contributed by atoms with Crippen LogP contribution in [0.25, 0.3) is 0 Å². The van der Waals surface area contributed by atoms with Gasteiger partial charge in [0.15, 0.2) is 0 Å². The lowest BCUT2D eigenvalue weighted by Crippen LogP contribution is -2.29. The maximum atomic E-state index is 12.7. The molecule has 0 aromatic heterocycles. The minimum absolute atomic E-state index is 0.0503. The maximum Gasteiger partial charge on any atom is 0.335 e. The molecule has 0 fully saturated rings. The standard InChI is InChI=1S/C17H12N2O5/c1-9(20)18-13-4-2-3-12-14(13)16(22)19(15(12)21)11-7-5-10(6-8-11)17(23)24/h2-8H,1H3,(H,18,20)(H,23,24). The van der Waals surface area contributed by atoms with E-state index in [0.29, 0.717) is 0 Å². The zero-order chi connectivity index (χ0) is 17.4. The summed E-state index contributed by atoms with van der Waals surface area (Å²) in [5.41, 5.74) is 0.894. The molecule has 3 amide bonds. The molecule has 1 aliphatic rings. The predicted molar refractivity (Wildman–Crippen MR) is 85.3 cm³/mol. The van der Waals surface area contributed by atoms with Crippen LogP contribution in [0.1, 0.15) is 38.0 Å². The molecule has 2 N–H and O–H groups in total. The third kappa shape index (κ3) is 2.41. The average molecular weight is 324 g/mol. The van der Waals surface area contributed by atoms with Gasteiger partial charge in [-0.2, -0.15) is 0 Å². The van der Waals surface area contributed by atoms with Gasteiger partial charge in [-0.25, -0.2) is 9.69 Å². The Morgan fingerprint density at radius 1 is 1.00 bits per heavy atom. The van der Waals surface area contributed by atoms with Gasteiger partial charge in [-0.05, 0) is 36.4 Å². The van der Waals surface area contributed by atoms with Crippen molar-refractivity contribution in [2.45, 2.75) is 6.92 Å². The summed E-state index contributed by atoms with van der Waals surface area (Å²) in [6.45, 7) is 1.31. The predicted octanol–water partition coefficient (Wildman–Crippen LogP) is 2.14. The number of amides is 3. The SMILES string of the molecule is CC(=O)Nc1cccc2c1C(=O)N(c1ccc(C(=O)O)cc1)C2=O. The topological polar surface area (TPSA) is 104 Å². The summed E-state index contributed by atoms with van der Waals surface area (Å²) < 4.78 is 0. The third-order valence-corrected chi connectivity index (χ3v) is 3.60. The minimum atomic E-state index is -1.10. The molecule has 0 saturated carbocycles. The number of benzene rings is 2. The normalized spacial score (nSPS) is 13.0. The van der Waals surface area contributed by atoms with Crippen molar-refractivity contribution in [2.75, 3.05) is 10.2 Å². The number of carboxylic acid groups (broad SMARTS) is 1. The number of carbonyl (C=O) groups excluding carboxylic acids is 3. The summed E-state index contributed by atoms with van der Waals surface area (Å²) in [5, 5.41) is 11.5. The van der Waals surface area contributed by atoms with Crippen molar-refractivity contribution in [3.05, 3.63) is 59.2 Å². The fourth-order valence-electron chi connectivity index (χ4n) is 2.57. The van der Waals surface area contributed by atoms with E-state index >= 15 is 0 Å². The van der Waals surface area contributed by atoms with Crippen molar-refractivity contribution in [3.8, 4) is 0 Å². The van der Waals surface area contributed by atoms with Crippen LogP contribution in [0.3, 0.4) is 0 Å². The van der Waals surface area contributed by atoms with E-state index in [0.717, 1.165) is 4.90 Å². The van der Waals surface area contributed by atoms with Gasteiger partial charge in [-0.1, -0.05) is 6.07 Å². The molecule has 120 valence electrons. The molecule has 0 bridgehead atoms. The van der Waals surface area contributed by atoms with Crippen LogP contribution in [0.5, 0.6) is 0 Å². The van der Waals surface area contributed by atoms with E-state index in [9.17, 15) is 19.2 Å². The minimum Gasteiger partial charge on any atom is -0.478 e. The molecule has 1 aliphatic heterocycles. The quantitative estimate of drug-likeness (QED) is 0.842. The van der Waals surface area contributed by atoms with E-state index < -0.39 is 17.8 Å². The first-order valence-electron chi connectivity index (χ1n) is 7.03. The fraction of sp³-hybridized carbons (Fsp3) is 0.0588. The Hall–Kier alpha value is -3.48. The lowest BCUT2D eigenvalue weighted by molar-refractivity contribution is -0.114. The summed E-state index contributed by atoms with van der Waals surface area (Å²) in [5.74, 6) is -2.54. The molecule has 7 nitrogen and oxygen atoms in total. The number of aromatic carboxylic acids is 1. The Morgan fingerprint density at radius 2 is 1.67 bits per heavy atom. The molecule has 7 heteroatoms. The summed E-state index contributed by atoms with van der Waals surface area (Å²) >= 11 is 0. The summed E-state index contributed by atoms with van der Waals surface area (Å²) in [6.07, 6.45) is 0. The Balaban J connectivity index is 2.04. The number of carbonyl (C=O) groups is 4. The molecule has 0 atom stereocenters.